The first-order valence-electron chi connectivity index (χ1n) is 25.1. The zero-order valence-electron chi connectivity index (χ0n) is 41.2. The number of benzene rings is 2. The van der Waals surface area contributed by atoms with Crippen LogP contribution in [0.4, 0.5) is 5.69 Å². The monoisotopic (exact) mass is 860 g/mol. The number of allylic oxidation sites excluding steroid dienone is 8. The van der Waals surface area contributed by atoms with Crippen molar-refractivity contribution in [2.24, 2.45) is 10.4 Å². The van der Waals surface area contributed by atoms with Gasteiger partial charge in [-0.15, -0.1) is 0 Å². The Hall–Kier alpha value is -4.19. The molecule has 1 atom stereocenters. The smallest absolute Gasteiger partial charge is 0.322 e. The minimum absolute atomic E-state index is 0.208. The number of ether oxygens (including phenoxy) is 1. The molecule has 1 amide bonds. The molecule has 1 aliphatic carbocycles. The van der Waals surface area contributed by atoms with Crippen LogP contribution in [0.2, 0.25) is 0 Å². The standard InChI is InChI=1S/C57H85N3O3/c1-10-14-15-16-17-18-19-20-21-22-23-24-25-26-27-32-41-59-53(61)57(54(62)63-13-4)43-46(37-39-51(58-11-2)55(6,7)48-34-29-28-33-45(48)5)42-47(44-57)38-40-52-56(8,9)49-35-30-31-36-50(49)60(52)12-3/h28-31,33-40,42H,10-27,32,41,43-44H2,1-9H3,(H,59,61)/b39-37+,47-38-,52-40+,58-51+. The van der Waals surface area contributed by atoms with E-state index < -0.39 is 11.4 Å². The maximum atomic E-state index is 14.6. The maximum absolute atomic E-state index is 14.6. The first-order valence-corrected chi connectivity index (χ1v) is 25.1. The van der Waals surface area contributed by atoms with E-state index in [1.54, 1.807) is 0 Å². The second kappa shape index (κ2) is 25.9. The average Bonchev–Trinajstić information content (AvgIpc) is 3.49. The van der Waals surface area contributed by atoms with Crippen LogP contribution in [0.1, 0.15) is 188 Å². The minimum Gasteiger partial charge on any atom is -0.465 e. The molecule has 0 saturated heterocycles. The predicted molar refractivity (Wildman–Crippen MR) is 269 cm³/mol. The van der Waals surface area contributed by atoms with Gasteiger partial charge in [0.1, 0.15) is 0 Å². The Morgan fingerprint density at radius 1 is 0.778 bits per heavy atom. The van der Waals surface area contributed by atoms with Gasteiger partial charge in [0, 0.05) is 47.6 Å². The zero-order valence-corrected chi connectivity index (χ0v) is 41.2. The van der Waals surface area contributed by atoms with Gasteiger partial charge in [-0.3, -0.25) is 14.6 Å². The highest BCUT2D eigenvalue weighted by atomic mass is 16.5. The Morgan fingerprint density at radius 2 is 1.37 bits per heavy atom. The van der Waals surface area contributed by atoms with Crippen LogP contribution in [-0.2, 0) is 25.2 Å². The molecule has 6 heteroatoms. The molecule has 0 fully saturated rings. The summed E-state index contributed by atoms with van der Waals surface area (Å²) in [5, 5.41) is 3.23. The van der Waals surface area contributed by atoms with Crippen molar-refractivity contribution in [2.75, 3.05) is 31.1 Å². The van der Waals surface area contributed by atoms with Crippen LogP contribution in [0.3, 0.4) is 0 Å². The third-order valence-corrected chi connectivity index (χ3v) is 13.6. The third kappa shape index (κ3) is 14.1. The van der Waals surface area contributed by atoms with Gasteiger partial charge in [-0.1, -0.05) is 192 Å². The lowest BCUT2D eigenvalue weighted by Crippen LogP contribution is -2.49. The van der Waals surface area contributed by atoms with E-state index in [0.717, 1.165) is 36.2 Å². The molecule has 346 valence electrons. The summed E-state index contributed by atoms with van der Waals surface area (Å²) in [7, 11) is 0. The number of hydrogen-bond donors (Lipinski definition) is 1. The molecule has 2 aliphatic rings. The van der Waals surface area contributed by atoms with Gasteiger partial charge >= 0.3 is 5.97 Å². The van der Waals surface area contributed by atoms with E-state index in [-0.39, 0.29) is 36.2 Å². The SMILES string of the molecule is CCCCCCCCCCCCCCCCCCNC(=O)C1(C(=O)OCC)CC(/C=C/C(=N\CC)C(C)(C)c2ccccc2C)=CC(=C/C=C2/N(CC)c3ccccc3C2(C)C)/C1. The van der Waals surface area contributed by atoms with Crippen LogP contribution < -0.4 is 10.2 Å². The second-order valence-electron chi connectivity index (χ2n) is 19.2. The molecule has 1 unspecified atom stereocenters. The summed E-state index contributed by atoms with van der Waals surface area (Å²) in [5.41, 5.74) is 6.99. The number of esters is 1. The number of anilines is 1. The molecule has 2 aromatic rings. The summed E-state index contributed by atoms with van der Waals surface area (Å²) in [6, 6.07) is 17.1. The van der Waals surface area contributed by atoms with E-state index in [1.807, 2.05) is 6.92 Å². The van der Waals surface area contributed by atoms with E-state index in [0.29, 0.717) is 13.1 Å². The number of nitrogens with one attached hydrogen (secondary N) is 1. The quantitative estimate of drug-likeness (QED) is 0.0420. The lowest BCUT2D eigenvalue weighted by atomic mass is 9.70. The van der Waals surface area contributed by atoms with E-state index in [1.165, 1.54) is 118 Å². The van der Waals surface area contributed by atoms with Gasteiger partial charge < -0.3 is 15.0 Å². The van der Waals surface area contributed by atoms with Crippen molar-refractivity contribution in [3.63, 3.8) is 0 Å². The van der Waals surface area contributed by atoms with E-state index in [2.05, 4.69) is 145 Å². The number of carbonyl (C=O) groups excluding carboxylic acids is 2. The summed E-state index contributed by atoms with van der Waals surface area (Å²) < 4.78 is 5.79. The first-order chi connectivity index (χ1) is 30.4. The Morgan fingerprint density at radius 3 is 1.95 bits per heavy atom. The highest BCUT2D eigenvalue weighted by molar-refractivity contribution is 6.05. The number of para-hydroxylation sites is 1. The van der Waals surface area contributed by atoms with Gasteiger partial charge in [0.05, 0.1) is 6.61 Å². The molecule has 0 aromatic heterocycles. The van der Waals surface area contributed by atoms with Gasteiger partial charge in [-0.05, 0) is 93.0 Å². The Bertz CT molecular complexity index is 1910. The molecule has 0 saturated carbocycles. The highest BCUT2D eigenvalue weighted by Gasteiger charge is 2.49. The molecule has 1 heterocycles. The number of hydrogen-bond acceptors (Lipinski definition) is 5. The lowest BCUT2D eigenvalue weighted by molar-refractivity contribution is -0.161. The summed E-state index contributed by atoms with van der Waals surface area (Å²) in [6.45, 7) is 21.7. The molecular weight excluding hydrogens is 775 g/mol. The number of likely N-dealkylation sites (N-methyl/N-ethyl adjacent to an activating group) is 1. The summed E-state index contributed by atoms with van der Waals surface area (Å²) in [4.78, 5) is 36.2. The van der Waals surface area contributed by atoms with E-state index >= 15 is 0 Å². The summed E-state index contributed by atoms with van der Waals surface area (Å²) in [6.07, 6.45) is 32.0. The summed E-state index contributed by atoms with van der Waals surface area (Å²) in [5.74, 6) is -0.704. The number of fused-ring (bicyclic) bond motifs is 1. The Balaban J connectivity index is 1.51. The second-order valence-corrected chi connectivity index (χ2v) is 19.2. The van der Waals surface area contributed by atoms with Crippen molar-refractivity contribution < 1.29 is 14.3 Å². The number of aryl methyl sites for hydroxylation is 1. The van der Waals surface area contributed by atoms with Crippen LogP contribution in [0.15, 0.2) is 101 Å². The Labute approximate surface area is 384 Å². The molecule has 0 bridgehead atoms. The van der Waals surface area contributed by atoms with Gasteiger partial charge in [0.25, 0.3) is 0 Å². The van der Waals surface area contributed by atoms with Crippen molar-refractivity contribution in [1.82, 2.24) is 5.32 Å². The average molecular weight is 860 g/mol. The maximum Gasteiger partial charge on any atom is 0.322 e. The van der Waals surface area contributed by atoms with Crippen LogP contribution in [0.25, 0.3) is 0 Å². The van der Waals surface area contributed by atoms with Crippen molar-refractivity contribution in [1.29, 1.82) is 0 Å². The molecule has 1 N–H and O–H groups in total. The normalized spacial score (nSPS) is 18.9. The lowest BCUT2D eigenvalue weighted by Gasteiger charge is -2.34. The molecule has 63 heavy (non-hydrogen) atoms. The van der Waals surface area contributed by atoms with Gasteiger partial charge in [-0.25, -0.2) is 0 Å². The number of carbonyl (C=O) groups is 2. The summed E-state index contributed by atoms with van der Waals surface area (Å²) >= 11 is 0. The van der Waals surface area contributed by atoms with Crippen molar-refractivity contribution >= 4 is 23.3 Å². The fourth-order valence-electron chi connectivity index (χ4n) is 9.92. The number of rotatable bonds is 27. The highest BCUT2D eigenvalue weighted by Crippen LogP contribution is 2.48. The topological polar surface area (TPSA) is 71.0 Å². The van der Waals surface area contributed by atoms with Crippen LogP contribution in [0.5, 0.6) is 0 Å². The number of amides is 1. The largest absolute Gasteiger partial charge is 0.465 e. The van der Waals surface area contributed by atoms with Gasteiger partial charge in [-0.2, -0.15) is 0 Å². The molecule has 2 aromatic carbocycles. The minimum atomic E-state index is -1.39. The molecule has 1 aliphatic heterocycles. The van der Waals surface area contributed by atoms with Crippen LogP contribution in [-0.4, -0.2) is 43.8 Å². The van der Waals surface area contributed by atoms with Crippen molar-refractivity contribution in [2.45, 2.75) is 189 Å². The Kier molecular flexibility index (Phi) is 21.2. The van der Waals surface area contributed by atoms with E-state index in [4.69, 9.17) is 9.73 Å². The van der Waals surface area contributed by atoms with Crippen molar-refractivity contribution in [3.05, 3.63) is 112 Å². The molecule has 0 radical (unpaired) electrons. The van der Waals surface area contributed by atoms with Crippen LogP contribution in [0, 0.1) is 12.3 Å². The predicted octanol–water partition coefficient (Wildman–Crippen LogP) is 14.6. The molecule has 4 rings (SSSR count). The number of aliphatic imine (C=N–C) groups is 1. The fourth-order valence-corrected chi connectivity index (χ4v) is 9.92. The number of unbranched alkanes of at least 4 members (excludes halogenated alkanes) is 15. The molecule has 6 nitrogen and oxygen atoms in total. The van der Waals surface area contributed by atoms with Gasteiger partial charge in [0.2, 0.25) is 5.91 Å². The first kappa shape index (κ1) is 51.4. The van der Waals surface area contributed by atoms with Gasteiger partial charge in [0.15, 0.2) is 5.41 Å². The molecule has 0 spiro atoms. The number of nitrogens with zero attached hydrogens (tertiary/aromatic N) is 2. The third-order valence-electron chi connectivity index (χ3n) is 13.6. The van der Waals surface area contributed by atoms with E-state index in [9.17, 15) is 9.59 Å². The van der Waals surface area contributed by atoms with Crippen molar-refractivity contribution in [3.8, 4) is 0 Å². The fraction of sp³-hybridized carbons (Fsp3) is 0.596. The van der Waals surface area contributed by atoms with Crippen LogP contribution >= 0.6 is 0 Å². The zero-order chi connectivity index (χ0) is 45.7. The molecular formula is C57H85N3O3.